The van der Waals surface area contributed by atoms with Crippen LogP contribution in [0.4, 0.5) is 10.1 Å². The first kappa shape index (κ1) is 14.2. The standard InChI is InChI=1S/C16H18FNO2/c1-3-9-19-13-5-4-6-14(16(13)18)20-15-10-11(2)7-8-12(15)17/h4-8,10H,3,9,18H2,1-2H3. The number of aryl methyl sites for hydroxylation is 1. The number of nitrogens with two attached hydrogens (primary N) is 1. The van der Waals surface area contributed by atoms with Crippen LogP contribution in [-0.4, -0.2) is 6.61 Å². The van der Waals surface area contributed by atoms with Crippen molar-refractivity contribution < 1.29 is 13.9 Å². The summed E-state index contributed by atoms with van der Waals surface area (Å²) in [4.78, 5) is 0. The molecule has 2 N–H and O–H groups in total. The molecule has 0 radical (unpaired) electrons. The van der Waals surface area contributed by atoms with Crippen molar-refractivity contribution >= 4 is 5.69 Å². The molecule has 0 unspecified atom stereocenters. The maximum Gasteiger partial charge on any atom is 0.165 e. The second kappa shape index (κ2) is 6.28. The van der Waals surface area contributed by atoms with Crippen molar-refractivity contribution in [3.05, 3.63) is 47.8 Å². The molecule has 0 bridgehead atoms. The molecule has 0 aliphatic heterocycles. The van der Waals surface area contributed by atoms with Gasteiger partial charge in [0.25, 0.3) is 0 Å². The Morgan fingerprint density at radius 1 is 1.10 bits per heavy atom. The summed E-state index contributed by atoms with van der Waals surface area (Å²) < 4.78 is 24.8. The molecule has 0 fully saturated rings. The average molecular weight is 275 g/mol. The van der Waals surface area contributed by atoms with E-state index in [1.807, 2.05) is 13.8 Å². The fraction of sp³-hybridized carbons (Fsp3) is 0.250. The molecular formula is C16H18FNO2. The van der Waals surface area contributed by atoms with Crippen molar-refractivity contribution in [3.8, 4) is 17.2 Å². The van der Waals surface area contributed by atoms with Crippen LogP contribution >= 0.6 is 0 Å². The Hall–Kier alpha value is -2.23. The summed E-state index contributed by atoms with van der Waals surface area (Å²) in [5.74, 6) is 0.680. The van der Waals surface area contributed by atoms with E-state index < -0.39 is 5.82 Å². The number of ether oxygens (including phenoxy) is 2. The average Bonchev–Trinajstić information content (AvgIpc) is 2.44. The molecule has 2 aromatic carbocycles. The monoisotopic (exact) mass is 275 g/mol. The predicted octanol–water partition coefficient (Wildman–Crippen LogP) is 4.30. The molecule has 3 nitrogen and oxygen atoms in total. The van der Waals surface area contributed by atoms with E-state index in [0.29, 0.717) is 23.8 Å². The molecule has 0 aliphatic carbocycles. The van der Waals surface area contributed by atoms with Gasteiger partial charge in [0.1, 0.15) is 11.4 Å². The third kappa shape index (κ3) is 3.20. The smallest absolute Gasteiger partial charge is 0.165 e. The summed E-state index contributed by atoms with van der Waals surface area (Å²) in [6, 6.07) is 9.92. The largest absolute Gasteiger partial charge is 0.491 e. The van der Waals surface area contributed by atoms with Crippen LogP contribution < -0.4 is 15.2 Å². The normalized spacial score (nSPS) is 10.3. The Labute approximate surface area is 118 Å². The maximum absolute atomic E-state index is 13.7. The van der Waals surface area contributed by atoms with Crippen LogP contribution in [0.5, 0.6) is 17.2 Å². The van der Waals surface area contributed by atoms with Crippen molar-refractivity contribution in [1.82, 2.24) is 0 Å². The highest BCUT2D eigenvalue weighted by atomic mass is 19.1. The Bertz CT molecular complexity index is 599. The number of hydrogen-bond acceptors (Lipinski definition) is 3. The van der Waals surface area contributed by atoms with Crippen LogP contribution in [0.2, 0.25) is 0 Å². The highest BCUT2D eigenvalue weighted by molar-refractivity contribution is 5.63. The molecule has 20 heavy (non-hydrogen) atoms. The highest BCUT2D eigenvalue weighted by Crippen LogP contribution is 2.35. The number of hydrogen-bond donors (Lipinski definition) is 1. The minimum Gasteiger partial charge on any atom is -0.491 e. The van der Waals surface area contributed by atoms with E-state index in [2.05, 4.69) is 0 Å². The molecule has 0 amide bonds. The van der Waals surface area contributed by atoms with Crippen LogP contribution in [0.1, 0.15) is 18.9 Å². The van der Waals surface area contributed by atoms with E-state index >= 15 is 0 Å². The Morgan fingerprint density at radius 2 is 1.85 bits per heavy atom. The maximum atomic E-state index is 13.7. The van der Waals surface area contributed by atoms with E-state index in [1.165, 1.54) is 6.07 Å². The fourth-order valence-corrected chi connectivity index (χ4v) is 1.76. The van der Waals surface area contributed by atoms with Crippen molar-refractivity contribution in [1.29, 1.82) is 0 Å². The van der Waals surface area contributed by atoms with Crippen LogP contribution in [0.15, 0.2) is 36.4 Å². The quantitative estimate of drug-likeness (QED) is 0.827. The molecule has 2 rings (SSSR count). The number of nitrogen functional groups attached to an aromatic ring is 1. The molecule has 0 aromatic heterocycles. The van der Waals surface area contributed by atoms with Gasteiger partial charge >= 0.3 is 0 Å². The second-order valence-electron chi connectivity index (χ2n) is 4.55. The first-order valence-electron chi connectivity index (χ1n) is 6.57. The fourth-order valence-electron chi connectivity index (χ4n) is 1.76. The topological polar surface area (TPSA) is 44.5 Å². The first-order chi connectivity index (χ1) is 9.61. The molecule has 0 saturated carbocycles. The lowest BCUT2D eigenvalue weighted by Gasteiger charge is -2.13. The van der Waals surface area contributed by atoms with Gasteiger partial charge in [0.05, 0.1) is 6.61 Å². The van der Waals surface area contributed by atoms with Crippen molar-refractivity contribution in [2.24, 2.45) is 0 Å². The minimum absolute atomic E-state index is 0.157. The SMILES string of the molecule is CCCOc1cccc(Oc2cc(C)ccc2F)c1N. The van der Waals surface area contributed by atoms with Gasteiger partial charge in [0.2, 0.25) is 0 Å². The van der Waals surface area contributed by atoms with E-state index in [1.54, 1.807) is 30.3 Å². The van der Waals surface area contributed by atoms with E-state index in [9.17, 15) is 4.39 Å². The molecule has 0 aliphatic rings. The van der Waals surface area contributed by atoms with Gasteiger partial charge in [0.15, 0.2) is 17.3 Å². The number of anilines is 1. The summed E-state index contributed by atoms with van der Waals surface area (Å²) in [7, 11) is 0. The predicted molar refractivity (Wildman–Crippen MR) is 77.9 cm³/mol. The van der Waals surface area contributed by atoms with E-state index in [-0.39, 0.29) is 5.75 Å². The highest BCUT2D eigenvalue weighted by Gasteiger charge is 2.11. The number of halogens is 1. The Balaban J connectivity index is 2.27. The lowest BCUT2D eigenvalue weighted by Crippen LogP contribution is -2.01. The van der Waals surface area contributed by atoms with Crippen LogP contribution in [0.3, 0.4) is 0 Å². The second-order valence-corrected chi connectivity index (χ2v) is 4.55. The van der Waals surface area contributed by atoms with Gasteiger partial charge in [-0.3, -0.25) is 0 Å². The van der Waals surface area contributed by atoms with Crippen molar-refractivity contribution in [3.63, 3.8) is 0 Å². The third-order valence-corrected chi connectivity index (χ3v) is 2.79. The minimum atomic E-state index is -0.421. The molecule has 0 spiro atoms. The molecule has 106 valence electrons. The lowest BCUT2D eigenvalue weighted by atomic mass is 10.2. The summed E-state index contributed by atoms with van der Waals surface area (Å²) in [6.07, 6.45) is 0.886. The zero-order chi connectivity index (χ0) is 14.5. The summed E-state index contributed by atoms with van der Waals surface area (Å²) >= 11 is 0. The number of benzene rings is 2. The summed E-state index contributed by atoms with van der Waals surface area (Å²) in [6.45, 7) is 4.46. The van der Waals surface area contributed by atoms with Crippen LogP contribution in [-0.2, 0) is 0 Å². The Morgan fingerprint density at radius 3 is 2.60 bits per heavy atom. The van der Waals surface area contributed by atoms with E-state index in [0.717, 1.165) is 12.0 Å². The summed E-state index contributed by atoms with van der Waals surface area (Å²) in [5.41, 5.74) is 7.28. The Kier molecular flexibility index (Phi) is 4.45. The molecule has 0 heterocycles. The van der Waals surface area contributed by atoms with Gasteiger partial charge < -0.3 is 15.2 Å². The zero-order valence-electron chi connectivity index (χ0n) is 11.7. The third-order valence-electron chi connectivity index (χ3n) is 2.79. The zero-order valence-corrected chi connectivity index (χ0v) is 11.7. The van der Waals surface area contributed by atoms with E-state index in [4.69, 9.17) is 15.2 Å². The van der Waals surface area contributed by atoms with Crippen LogP contribution in [0, 0.1) is 12.7 Å². The van der Waals surface area contributed by atoms with Gasteiger partial charge in [-0.25, -0.2) is 4.39 Å². The molecular weight excluding hydrogens is 257 g/mol. The van der Waals surface area contributed by atoms with Crippen molar-refractivity contribution in [2.45, 2.75) is 20.3 Å². The molecule has 2 aromatic rings. The van der Waals surface area contributed by atoms with Gasteiger partial charge in [0, 0.05) is 0 Å². The number of para-hydroxylation sites is 1. The van der Waals surface area contributed by atoms with Crippen LogP contribution in [0.25, 0.3) is 0 Å². The van der Waals surface area contributed by atoms with Gasteiger partial charge in [-0.1, -0.05) is 19.1 Å². The van der Waals surface area contributed by atoms with Gasteiger partial charge in [-0.2, -0.15) is 0 Å². The van der Waals surface area contributed by atoms with Crippen molar-refractivity contribution in [2.75, 3.05) is 12.3 Å². The lowest BCUT2D eigenvalue weighted by molar-refractivity contribution is 0.317. The molecule has 0 atom stereocenters. The molecule has 0 saturated heterocycles. The molecule has 4 heteroatoms. The van der Waals surface area contributed by atoms with Gasteiger partial charge in [-0.15, -0.1) is 0 Å². The van der Waals surface area contributed by atoms with Gasteiger partial charge in [-0.05, 0) is 43.2 Å². The number of rotatable bonds is 5. The first-order valence-corrected chi connectivity index (χ1v) is 6.57. The summed E-state index contributed by atoms with van der Waals surface area (Å²) in [5, 5.41) is 0.